The molecule has 0 aromatic heterocycles. The summed E-state index contributed by atoms with van der Waals surface area (Å²) in [6.45, 7) is 0. The molecule has 0 aromatic rings. The first-order valence-electron chi connectivity index (χ1n) is 6.52. The molecule has 0 N–H and O–H groups in total. The fourth-order valence-corrected chi connectivity index (χ4v) is 4.46. The van der Waals surface area contributed by atoms with Crippen LogP contribution < -0.4 is 0 Å². The molecular formula is C14H20O. The molecule has 2 unspecified atom stereocenters. The molecule has 0 amide bonds. The summed E-state index contributed by atoms with van der Waals surface area (Å²) in [5.41, 5.74) is 1.71. The van der Waals surface area contributed by atoms with Gasteiger partial charge in [0.2, 0.25) is 0 Å². The van der Waals surface area contributed by atoms with Crippen molar-refractivity contribution in [1.29, 1.82) is 0 Å². The molecule has 0 aliphatic heterocycles. The molecule has 0 heterocycles. The topological polar surface area (TPSA) is 17.1 Å². The van der Waals surface area contributed by atoms with E-state index in [9.17, 15) is 4.79 Å². The number of hydrogen-bond donors (Lipinski definition) is 0. The minimum absolute atomic E-state index is 0.717. The largest absolute Gasteiger partial charge is 0.303 e. The van der Waals surface area contributed by atoms with Crippen molar-refractivity contribution in [3.63, 3.8) is 0 Å². The van der Waals surface area contributed by atoms with Gasteiger partial charge in [0.15, 0.2) is 0 Å². The first kappa shape index (κ1) is 9.62. The summed E-state index contributed by atoms with van der Waals surface area (Å²) < 4.78 is 0. The zero-order valence-corrected chi connectivity index (χ0v) is 9.32. The van der Waals surface area contributed by atoms with Crippen LogP contribution in [0.15, 0.2) is 11.6 Å². The molecule has 3 aliphatic carbocycles. The van der Waals surface area contributed by atoms with Gasteiger partial charge >= 0.3 is 0 Å². The summed E-state index contributed by atoms with van der Waals surface area (Å²) >= 11 is 0. The third kappa shape index (κ3) is 1.47. The molecule has 3 rings (SSSR count). The van der Waals surface area contributed by atoms with E-state index >= 15 is 0 Å². The van der Waals surface area contributed by atoms with E-state index in [1.807, 2.05) is 0 Å². The minimum atomic E-state index is 0.717. The van der Waals surface area contributed by atoms with Gasteiger partial charge in [0, 0.05) is 6.42 Å². The highest BCUT2D eigenvalue weighted by Gasteiger charge is 2.51. The second-order valence-electron chi connectivity index (χ2n) is 5.59. The average molecular weight is 204 g/mol. The summed E-state index contributed by atoms with van der Waals surface area (Å²) in [5.74, 6) is 4.06. The van der Waals surface area contributed by atoms with E-state index in [4.69, 9.17) is 0 Å². The zero-order valence-electron chi connectivity index (χ0n) is 9.32. The van der Waals surface area contributed by atoms with Gasteiger partial charge in [-0.3, -0.25) is 0 Å². The Labute approximate surface area is 91.9 Å². The van der Waals surface area contributed by atoms with E-state index in [2.05, 4.69) is 6.08 Å². The Balaban J connectivity index is 1.70. The SMILES string of the molecule is O=CCC/C=C1\C[C@H]2C[C@@H]1C1CCCC12. The third-order valence-corrected chi connectivity index (χ3v) is 4.97. The Morgan fingerprint density at radius 3 is 2.93 bits per heavy atom. The van der Waals surface area contributed by atoms with E-state index in [-0.39, 0.29) is 0 Å². The van der Waals surface area contributed by atoms with Gasteiger partial charge in [-0.25, -0.2) is 0 Å². The third-order valence-electron chi connectivity index (χ3n) is 4.97. The lowest BCUT2D eigenvalue weighted by Crippen LogP contribution is -2.18. The summed E-state index contributed by atoms with van der Waals surface area (Å²) in [4.78, 5) is 10.3. The van der Waals surface area contributed by atoms with Gasteiger partial charge in [-0.05, 0) is 55.8 Å². The van der Waals surface area contributed by atoms with Crippen molar-refractivity contribution < 1.29 is 4.79 Å². The number of fused-ring (bicyclic) bond motifs is 5. The second kappa shape index (κ2) is 3.77. The molecule has 0 radical (unpaired) electrons. The van der Waals surface area contributed by atoms with E-state index < -0.39 is 0 Å². The van der Waals surface area contributed by atoms with E-state index in [0.29, 0.717) is 0 Å². The van der Waals surface area contributed by atoms with Crippen molar-refractivity contribution in [3.05, 3.63) is 11.6 Å². The lowest BCUT2D eigenvalue weighted by molar-refractivity contribution is -0.107. The van der Waals surface area contributed by atoms with E-state index in [0.717, 1.165) is 42.8 Å². The Morgan fingerprint density at radius 2 is 2.07 bits per heavy atom. The Hall–Kier alpha value is -0.590. The molecule has 3 fully saturated rings. The average Bonchev–Trinajstić information content (AvgIpc) is 2.89. The highest BCUT2D eigenvalue weighted by atomic mass is 16.1. The number of rotatable bonds is 3. The van der Waals surface area contributed by atoms with Crippen LogP contribution in [-0.4, -0.2) is 6.29 Å². The van der Waals surface area contributed by atoms with Gasteiger partial charge in [0.25, 0.3) is 0 Å². The van der Waals surface area contributed by atoms with Crippen molar-refractivity contribution in [2.45, 2.75) is 44.9 Å². The lowest BCUT2D eigenvalue weighted by Gasteiger charge is -2.26. The number of unbranched alkanes of at least 4 members (excludes halogenated alkanes) is 1. The first-order valence-corrected chi connectivity index (χ1v) is 6.52. The van der Waals surface area contributed by atoms with Crippen LogP contribution in [0.2, 0.25) is 0 Å². The predicted octanol–water partition coefficient (Wildman–Crippen LogP) is 3.35. The summed E-state index contributed by atoms with van der Waals surface area (Å²) in [5, 5.41) is 0. The van der Waals surface area contributed by atoms with Crippen LogP contribution in [0.5, 0.6) is 0 Å². The van der Waals surface area contributed by atoms with Crippen LogP contribution >= 0.6 is 0 Å². The minimum Gasteiger partial charge on any atom is -0.303 e. The molecule has 0 saturated heterocycles. The molecule has 82 valence electrons. The normalized spacial score (nSPS) is 44.9. The number of carbonyl (C=O) groups is 1. The van der Waals surface area contributed by atoms with E-state index in [1.165, 1.54) is 32.1 Å². The zero-order chi connectivity index (χ0) is 10.3. The standard InChI is InChI=1S/C14H20O/c15-7-2-1-4-10-8-11-9-14(10)13-6-3-5-12(11)13/h4,7,11-14H,1-3,5-6,8-9H2/b10-4+/t11-,12?,13?,14-/m0/s1. The van der Waals surface area contributed by atoms with Crippen LogP contribution in [-0.2, 0) is 4.79 Å². The van der Waals surface area contributed by atoms with Crippen LogP contribution in [0.1, 0.15) is 44.9 Å². The maximum atomic E-state index is 10.3. The van der Waals surface area contributed by atoms with E-state index in [1.54, 1.807) is 5.57 Å². The van der Waals surface area contributed by atoms with Gasteiger partial charge in [-0.1, -0.05) is 18.1 Å². The van der Waals surface area contributed by atoms with Gasteiger partial charge in [-0.15, -0.1) is 0 Å². The molecule has 1 nitrogen and oxygen atoms in total. The van der Waals surface area contributed by atoms with Crippen molar-refractivity contribution in [3.8, 4) is 0 Å². The van der Waals surface area contributed by atoms with Crippen LogP contribution in [0.3, 0.4) is 0 Å². The molecule has 4 atom stereocenters. The molecule has 2 bridgehead atoms. The van der Waals surface area contributed by atoms with Gasteiger partial charge in [0.05, 0.1) is 0 Å². The van der Waals surface area contributed by atoms with Crippen LogP contribution in [0.25, 0.3) is 0 Å². The monoisotopic (exact) mass is 204 g/mol. The molecule has 15 heavy (non-hydrogen) atoms. The fraction of sp³-hybridized carbons (Fsp3) is 0.786. The van der Waals surface area contributed by atoms with Crippen molar-refractivity contribution in [1.82, 2.24) is 0 Å². The Kier molecular flexibility index (Phi) is 2.42. The summed E-state index contributed by atoms with van der Waals surface area (Å²) in [6.07, 6.45) is 12.4. The second-order valence-corrected chi connectivity index (χ2v) is 5.59. The maximum Gasteiger partial charge on any atom is 0.120 e. The number of carbonyl (C=O) groups excluding carboxylic acids is 1. The molecular weight excluding hydrogens is 184 g/mol. The van der Waals surface area contributed by atoms with Crippen molar-refractivity contribution >= 4 is 6.29 Å². The van der Waals surface area contributed by atoms with Gasteiger partial charge in [0.1, 0.15) is 6.29 Å². The predicted molar refractivity (Wildman–Crippen MR) is 60.4 cm³/mol. The van der Waals surface area contributed by atoms with Crippen LogP contribution in [0.4, 0.5) is 0 Å². The van der Waals surface area contributed by atoms with Gasteiger partial charge in [-0.2, -0.15) is 0 Å². The summed E-state index contributed by atoms with van der Waals surface area (Å²) in [7, 11) is 0. The highest BCUT2D eigenvalue weighted by Crippen LogP contribution is 2.60. The Bertz CT molecular complexity index is 292. The fourth-order valence-electron chi connectivity index (χ4n) is 4.46. The van der Waals surface area contributed by atoms with Crippen molar-refractivity contribution in [2.75, 3.05) is 0 Å². The lowest BCUT2D eigenvalue weighted by atomic mass is 9.79. The quantitative estimate of drug-likeness (QED) is 0.391. The molecule has 3 aliphatic rings. The number of aldehydes is 1. The molecule has 0 aromatic carbocycles. The van der Waals surface area contributed by atoms with Crippen LogP contribution in [0, 0.1) is 23.7 Å². The first-order chi connectivity index (χ1) is 7.40. The maximum absolute atomic E-state index is 10.3. The molecule has 0 spiro atoms. The van der Waals surface area contributed by atoms with Gasteiger partial charge < -0.3 is 4.79 Å². The highest BCUT2D eigenvalue weighted by molar-refractivity contribution is 5.49. The number of hydrogen-bond acceptors (Lipinski definition) is 1. The number of allylic oxidation sites excluding steroid dienone is 2. The molecule has 1 heteroatoms. The Morgan fingerprint density at radius 1 is 1.20 bits per heavy atom. The van der Waals surface area contributed by atoms with Crippen molar-refractivity contribution in [2.24, 2.45) is 23.7 Å². The smallest absolute Gasteiger partial charge is 0.120 e. The molecule has 3 saturated carbocycles. The summed E-state index contributed by atoms with van der Waals surface area (Å²) in [6, 6.07) is 0.